The summed E-state index contributed by atoms with van der Waals surface area (Å²) in [5.74, 6) is -0.0781. The number of ether oxygens (including phenoxy) is 2. The Bertz CT molecular complexity index is 769. The Balaban J connectivity index is 1.65. The fourth-order valence-electron chi connectivity index (χ4n) is 3.02. The summed E-state index contributed by atoms with van der Waals surface area (Å²) in [5.41, 5.74) is 4.23. The number of halogens is 1. The van der Waals surface area contributed by atoms with Crippen molar-refractivity contribution in [3.8, 4) is 5.75 Å². The van der Waals surface area contributed by atoms with Crippen LogP contribution in [0.1, 0.15) is 35.0 Å². The summed E-state index contributed by atoms with van der Waals surface area (Å²) >= 11 is 0. The summed E-state index contributed by atoms with van der Waals surface area (Å²) in [4.78, 5) is 12.4. The van der Waals surface area contributed by atoms with Crippen molar-refractivity contribution in [3.05, 3.63) is 46.0 Å². The molecule has 2 heterocycles. The standard InChI is InChI=1S/C18H22FN3O3/c1-10(4-16-11(2)21-22-12(16)3)18(23)20-7-13-5-15(19)6-14-8-24-9-25-17(13)14/h5-6,10H,4,7-9H2,1-3H3,(H,20,23)(H,21,22)/t10-/m1/s1. The molecule has 1 aliphatic heterocycles. The first-order valence-corrected chi connectivity index (χ1v) is 8.25. The van der Waals surface area contributed by atoms with E-state index in [4.69, 9.17) is 9.47 Å². The van der Waals surface area contributed by atoms with Crippen molar-refractivity contribution in [2.24, 2.45) is 5.92 Å². The van der Waals surface area contributed by atoms with Gasteiger partial charge >= 0.3 is 0 Å². The monoisotopic (exact) mass is 347 g/mol. The number of benzene rings is 1. The number of carbonyl (C=O) groups excluding carboxylic acids is 1. The minimum Gasteiger partial charge on any atom is -0.467 e. The SMILES string of the molecule is Cc1n[nH]c(C)c1C[C@@H](C)C(=O)NCc1cc(F)cc2c1OCOC2. The quantitative estimate of drug-likeness (QED) is 0.871. The summed E-state index contributed by atoms with van der Waals surface area (Å²) in [7, 11) is 0. The van der Waals surface area contributed by atoms with Gasteiger partial charge in [0.15, 0.2) is 6.79 Å². The van der Waals surface area contributed by atoms with Crippen molar-refractivity contribution in [2.75, 3.05) is 6.79 Å². The predicted octanol–water partition coefficient (Wildman–Crippen LogP) is 2.53. The number of aryl methyl sites for hydroxylation is 2. The maximum absolute atomic E-state index is 13.7. The topological polar surface area (TPSA) is 76.2 Å². The van der Waals surface area contributed by atoms with Crippen molar-refractivity contribution in [1.82, 2.24) is 15.5 Å². The summed E-state index contributed by atoms with van der Waals surface area (Å²) in [6, 6.07) is 2.78. The van der Waals surface area contributed by atoms with E-state index in [0.717, 1.165) is 17.0 Å². The molecule has 25 heavy (non-hydrogen) atoms. The summed E-state index contributed by atoms with van der Waals surface area (Å²) in [5, 5.41) is 9.95. The zero-order chi connectivity index (χ0) is 18.0. The van der Waals surface area contributed by atoms with Crippen LogP contribution in [-0.2, 0) is 29.1 Å². The Hall–Kier alpha value is -2.41. The molecule has 1 amide bonds. The van der Waals surface area contributed by atoms with E-state index in [2.05, 4.69) is 15.5 Å². The molecule has 1 aromatic heterocycles. The van der Waals surface area contributed by atoms with Crippen LogP contribution in [0.25, 0.3) is 0 Å². The molecule has 3 rings (SSSR count). The van der Waals surface area contributed by atoms with Gasteiger partial charge in [-0.15, -0.1) is 0 Å². The molecule has 0 unspecified atom stereocenters. The minimum absolute atomic E-state index is 0.0925. The average Bonchev–Trinajstić information content (AvgIpc) is 2.91. The Morgan fingerprint density at radius 2 is 2.24 bits per heavy atom. The molecule has 1 atom stereocenters. The van der Waals surface area contributed by atoms with Crippen LogP contribution in [0.3, 0.4) is 0 Å². The van der Waals surface area contributed by atoms with Gasteiger partial charge in [-0.3, -0.25) is 9.89 Å². The predicted molar refractivity (Wildman–Crippen MR) is 89.5 cm³/mol. The van der Waals surface area contributed by atoms with E-state index in [-0.39, 0.29) is 31.0 Å². The molecule has 6 nitrogen and oxygen atoms in total. The third-order valence-electron chi connectivity index (χ3n) is 4.44. The van der Waals surface area contributed by atoms with Gasteiger partial charge in [0.2, 0.25) is 5.91 Å². The number of aromatic amines is 1. The van der Waals surface area contributed by atoms with Crippen LogP contribution < -0.4 is 10.1 Å². The lowest BCUT2D eigenvalue weighted by Crippen LogP contribution is -2.30. The van der Waals surface area contributed by atoms with E-state index >= 15 is 0 Å². The smallest absolute Gasteiger partial charge is 0.223 e. The van der Waals surface area contributed by atoms with Crippen molar-refractivity contribution < 1.29 is 18.7 Å². The van der Waals surface area contributed by atoms with Crippen molar-refractivity contribution in [1.29, 1.82) is 0 Å². The fraction of sp³-hybridized carbons (Fsp3) is 0.444. The van der Waals surface area contributed by atoms with Crippen LogP contribution in [0, 0.1) is 25.6 Å². The Labute approximate surface area is 145 Å². The maximum Gasteiger partial charge on any atom is 0.223 e. The summed E-state index contributed by atoms with van der Waals surface area (Å²) in [6.45, 7) is 6.39. The van der Waals surface area contributed by atoms with E-state index in [0.29, 0.717) is 29.9 Å². The number of carbonyl (C=O) groups is 1. The van der Waals surface area contributed by atoms with Crippen LogP contribution >= 0.6 is 0 Å². The Morgan fingerprint density at radius 1 is 1.44 bits per heavy atom. The zero-order valence-electron chi connectivity index (χ0n) is 14.6. The Morgan fingerprint density at radius 3 is 2.96 bits per heavy atom. The van der Waals surface area contributed by atoms with Crippen molar-refractivity contribution in [2.45, 2.75) is 40.3 Å². The van der Waals surface area contributed by atoms with E-state index in [9.17, 15) is 9.18 Å². The highest BCUT2D eigenvalue weighted by molar-refractivity contribution is 5.78. The summed E-state index contributed by atoms with van der Waals surface area (Å²) < 4.78 is 24.4. The van der Waals surface area contributed by atoms with Gasteiger partial charge in [-0.25, -0.2) is 4.39 Å². The third kappa shape index (κ3) is 3.82. The largest absolute Gasteiger partial charge is 0.467 e. The van der Waals surface area contributed by atoms with Gasteiger partial charge in [-0.2, -0.15) is 5.10 Å². The molecule has 2 aromatic rings. The van der Waals surface area contributed by atoms with E-state index in [1.165, 1.54) is 12.1 Å². The first-order chi connectivity index (χ1) is 12.0. The second-order valence-electron chi connectivity index (χ2n) is 6.40. The molecular formula is C18H22FN3O3. The normalized spacial score (nSPS) is 14.6. The van der Waals surface area contributed by atoms with Crippen LogP contribution in [0.5, 0.6) is 5.75 Å². The number of nitrogens with one attached hydrogen (secondary N) is 2. The molecule has 1 aliphatic rings. The van der Waals surface area contributed by atoms with E-state index < -0.39 is 0 Å². The lowest BCUT2D eigenvalue weighted by Gasteiger charge is -2.21. The second kappa shape index (κ2) is 7.23. The molecule has 7 heteroatoms. The van der Waals surface area contributed by atoms with Gasteiger partial charge in [0.1, 0.15) is 11.6 Å². The zero-order valence-corrected chi connectivity index (χ0v) is 14.6. The average molecular weight is 347 g/mol. The molecule has 0 saturated heterocycles. The second-order valence-corrected chi connectivity index (χ2v) is 6.40. The molecule has 0 aliphatic carbocycles. The number of hydrogen-bond acceptors (Lipinski definition) is 4. The van der Waals surface area contributed by atoms with Crippen LogP contribution in [0.15, 0.2) is 12.1 Å². The lowest BCUT2D eigenvalue weighted by atomic mass is 9.98. The van der Waals surface area contributed by atoms with Gasteiger partial charge in [-0.05, 0) is 38.0 Å². The van der Waals surface area contributed by atoms with E-state index in [1.807, 2.05) is 20.8 Å². The number of H-pyrrole nitrogens is 1. The first kappa shape index (κ1) is 17.4. The number of nitrogens with zero attached hydrogens (tertiary/aromatic N) is 1. The van der Waals surface area contributed by atoms with Gasteiger partial charge in [0, 0.05) is 29.3 Å². The fourth-order valence-corrected chi connectivity index (χ4v) is 3.02. The molecule has 0 spiro atoms. The molecule has 1 aromatic carbocycles. The lowest BCUT2D eigenvalue weighted by molar-refractivity contribution is -0.124. The van der Waals surface area contributed by atoms with Gasteiger partial charge in [0.05, 0.1) is 12.3 Å². The molecule has 134 valence electrons. The molecule has 0 saturated carbocycles. The first-order valence-electron chi connectivity index (χ1n) is 8.25. The molecule has 2 N–H and O–H groups in total. The van der Waals surface area contributed by atoms with Crippen molar-refractivity contribution in [3.63, 3.8) is 0 Å². The Kier molecular flexibility index (Phi) is 5.03. The highest BCUT2D eigenvalue weighted by Gasteiger charge is 2.20. The number of amides is 1. The molecular weight excluding hydrogens is 325 g/mol. The number of aromatic nitrogens is 2. The number of fused-ring (bicyclic) bond motifs is 1. The minimum atomic E-state index is -0.366. The maximum atomic E-state index is 13.7. The van der Waals surface area contributed by atoms with Crippen LogP contribution in [-0.4, -0.2) is 22.9 Å². The summed E-state index contributed by atoms with van der Waals surface area (Å²) in [6.07, 6.45) is 0.603. The highest BCUT2D eigenvalue weighted by atomic mass is 19.1. The van der Waals surface area contributed by atoms with Crippen molar-refractivity contribution >= 4 is 5.91 Å². The van der Waals surface area contributed by atoms with E-state index in [1.54, 1.807) is 0 Å². The highest BCUT2D eigenvalue weighted by Crippen LogP contribution is 2.29. The third-order valence-corrected chi connectivity index (χ3v) is 4.44. The van der Waals surface area contributed by atoms with Gasteiger partial charge < -0.3 is 14.8 Å². The van der Waals surface area contributed by atoms with Gasteiger partial charge in [-0.1, -0.05) is 6.92 Å². The molecule has 0 radical (unpaired) electrons. The number of hydrogen-bond donors (Lipinski definition) is 2. The molecule has 0 bridgehead atoms. The van der Waals surface area contributed by atoms with Crippen LogP contribution in [0.2, 0.25) is 0 Å². The molecule has 0 fully saturated rings. The number of rotatable bonds is 5. The van der Waals surface area contributed by atoms with Gasteiger partial charge in [0.25, 0.3) is 0 Å². The van der Waals surface area contributed by atoms with Crippen LogP contribution in [0.4, 0.5) is 4.39 Å².